The lowest BCUT2D eigenvalue weighted by Gasteiger charge is -2.40. The Bertz CT molecular complexity index is 815. The largest absolute Gasteiger partial charge is 0.298 e. The molecule has 0 N–H and O–H groups in total. The molecule has 2 saturated heterocycles. The molecule has 1 spiro atoms. The second-order valence-electron chi connectivity index (χ2n) is 8.74. The number of aromatic nitrogens is 2. The van der Waals surface area contributed by atoms with Crippen molar-refractivity contribution in [2.45, 2.75) is 46.2 Å². The lowest BCUT2D eigenvalue weighted by Crippen LogP contribution is -2.44. The molecule has 3 heterocycles. The van der Waals surface area contributed by atoms with E-state index in [1.807, 2.05) is 7.05 Å². The molecule has 2 aromatic rings. The van der Waals surface area contributed by atoms with Gasteiger partial charge in [-0.25, -0.2) is 0 Å². The Hall–Kier alpha value is -1.36. The summed E-state index contributed by atoms with van der Waals surface area (Å²) in [5.74, 6) is 0. The van der Waals surface area contributed by atoms with E-state index in [-0.39, 0.29) is 0 Å². The molecule has 146 valence electrons. The van der Waals surface area contributed by atoms with Crippen LogP contribution in [0.2, 0.25) is 5.15 Å². The van der Waals surface area contributed by atoms with Crippen molar-refractivity contribution in [3.05, 3.63) is 51.8 Å². The molecule has 2 aliphatic heterocycles. The van der Waals surface area contributed by atoms with E-state index in [1.165, 1.54) is 62.1 Å². The molecule has 1 atom stereocenters. The molecule has 0 radical (unpaired) electrons. The Labute approximate surface area is 168 Å². The Kier molecular flexibility index (Phi) is 5.32. The molecule has 0 saturated carbocycles. The second-order valence-corrected chi connectivity index (χ2v) is 9.10. The predicted octanol–water partition coefficient (Wildman–Crippen LogP) is 4.18. The van der Waals surface area contributed by atoms with Crippen molar-refractivity contribution < 1.29 is 0 Å². The lowest BCUT2D eigenvalue weighted by atomic mass is 9.79. The number of rotatable bonds is 4. The normalized spacial score (nSPS) is 24.1. The van der Waals surface area contributed by atoms with Crippen LogP contribution in [0.3, 0.4) is 0 Å². The van der Waals surface area contributed by atoms with Gasteiger partial charge in [-0.2, -0.15) is 5.10 Å². The van der Waals surface area contributed by atoms with Gasteiger partial charge in [0.15, 0.2) is 0 Å². The summed E-state index contributed by atoms with van der Waals surface area (Å²) in [6.45, 7) is 11.1. The molecular weight excluding hydrogens is 356 g/mol. The van der Waals surface area contributed by atoms with Crippen LogP contribution in [0.4, 0.5) is 0 Å². The first-order valence-corrected chi connectivity index (χ1v) is 10.5. The van der Waals surface area contributed by atoms with E-state index in [0.29, 0.717) is 5.41 Å². The van der Waals surface area contributed by atoms with Gasteiger partial charge in [-0.05, 0) is 57.2 Å². The van der Waals surface area contributed by atoms with Gasteiger partial charge >= 0.3 is 0 Å². The van der Waals surface area contributed by atoms with Crippen LogP contribution in [0.15, 0.2) is 24.3 Å². The summed E-state index contributed by atoms with van der Waals surface area (Å²) < 4.78 is 1.79. The minimum Gasteiger partial charge on any atom is -0.298 e. The fourth-order valence-corrected chi connectivity index (χ4v) is 5.32. The SMILES string of the molecule is Cc1cccc(CN2CCCC3(CCN(Cc4c(C)nn(C)c4Cl)C3)C2)c1. The van der Waals surface area contributed by atoms with Crippen molar-refractivity contribution in [1.29, 1.82) is 0 Å². The molecule has 5 heteroatoms. The Balaban J connectivity index is 1.40. The molecule has 4 nitrogen and oxygen atoms in total. The van der Waals surface area contributed by atoms with Gasteiger partial charge in [-0.15, -0.1) is 0 Å². The van der Waals surface area contributed by atoms with Crippen LogP contribution >= 0.6 is 11.6 Å². The number of likely N-dealkylation sites (tertiary alicyclic amines) is 2. The van der Waals surface area contributed by atoms with Gasteiger partial charge < -0.3 is 0 Å². The molecule has 2 fully saturated rings. The van der Waals surface area contributed by atoms with Gasteiger partial charge in [-0.1, -0.05) is 41.4 Å². The van der Waals surface area contributed by atoms with Crippen LogP contribution < -0.4 is 0 Å². The van der Waals surface area contributed by atoms with Crippen LogP contribution in [0.25, 0.3) is 0 Å². The van der Waals surface area contributed by atoms with Crippen LogP contribution in [0, 0.1) is 19.3 Å². The van der Waals surface area contributed by atoms with E-state index in [0.717, 1.165) is 23.9 Å². The molecule has 27 heavy (non-hydrogen) atoms. The summed E-state index contributed by atoms with van der Waals surface area (Å²) in [5.41, 5.74) is 5.51. The van der Waals surface area contributed by atoms with Crippen molar-refractivity contribution in [1.82, 2.24) is 19.6 Å². The average molecular weight is 387 g/mol. The van der Waals surface area contributed by atoms with Gasteiger partial charge in [-0.3, -0.25) is 14.5 Å². The van der Waals surface area contributed by atoms with E-state index < -0.39 is 0 Å². The van der Waals surface area contributed by atoms with E-state index in [1.54, 1.807) is 4.68 Å². The van der Waals surface area contributed by atoms with Crippen LogP contribution in [0.1, 0.15) is 41.6 Å². The van der Waals surface area contributed by atoms with Crippen molar-refractivity contribution in [2.24, 2.45) is 12.5 Å². The zero-order chi connectivity index (χ0) is 19.0. The third-order valence-corrected chi connectivity index (χ3v) is 6.87. The number of nitrogens with zero attached hydrogens (tertiary/aromatic N) is 4. The number of aryl methyl sites for hydroxylation is 3. The maximum atomic E-state index is 6.46. The Morgan fingerprint density at radius 2 is 1.85 bits per heavy atom. The minimum atomic E-state index is 0.449. The van der Waals surface area contributed by atoms with E-state index in [2.05, 4.69) is 53.0 Å². The molecule has 4 rings (SSSR count). The minimum absolute atomic E-state index is 0.449. The van der Waals surface area contributed by atoms with Crippen LogP contribution in [-0.2, 0) is 20.1 Å². The van der Waals surface area contributed by atoms with Crippen molar-refractivity contribution in [2.75, 3.05) is 26.2 Å². The quantitative estimate of drug-likeness (QED) is 0.787. The molecular formula is C22H31ClN4. The highest BCUT2D eigenvalue weighted by molar-refractivity contribution is 6.30. The van der Waals surface area contributed by atoms with Gasteiger partial charge in [0.05, 0.1) is 5.69 Å². The summed E-state index contributed by atoms with van der Waals surface area (Å²) in [5, 5.41) is 5.26. The predicted molar refractivity (Wildman–Crippen MR) is 111 cm³/mol. The maximum Gasteiger partial charge on any atom is 0.131 e. The Morgan fingerprint density at radius 1 is 1.07 bits per heavy atom. The molecule has 1 aromatic heterocycles. The summed E-state index contributed by atoms with van der Waals surface area (Å²) in [7, 11) is 1.93. The first-order valence-electron chi connectivity index (χ1n) is 10.1. The van der Waals surface area contributed by atoms with Gasteiger partial charge in [0.25, 0.3) is 0 Å². The fourth-order valence-electron chi connectivity index (χ4n) is 5.09. The molecule has 0 amide bonds. The average Bonchev–Trinajstić information content (AvgIpc) is 3.11. The molecule has 0 bridgehead atoms. The number of benzene rings is 1. The third kappa shape index (κ3) is 4.08. The maximum absolute atomic E-state index is 6.46. The number of hydrogen-bond donors (Lipinski definition) is 0. The first-order chi connectivity index (χ1) is 12.9. The molecule has 1 aromatic carbocycles. The third-order valence-electron chi connectivity index (χ3n) is 6.40. The fraction of sp³-hybridized carbons (Fsp3) is 0.591. The van der Waals surface area contributed by atoms with E-state index in [9.17, 15) is 0 Å². The highest BCUT2D eigenvalue weighted by Gasteiger charge is 2.41. The zero-order valence-electron chi connectivity index (χ0n) is 16.8. The Morgan fingerprint density at radius 3 is 2.56 bits per heavy atom. The highest BCUT2D eigenvalue weighted by atomic mass is 35.5. The number of piperidine rings is 1. The summed E-state index contributed by atoms with van der Waals surface area (Å²) >= 11 is 6.46. The van der Waals surface area contributed by atoms with Crippen molar-refractivity contribution in [3.63, 3.8) is 0 Å². The van der Waals surface area contributed by atoms with Gasteiger partial charge in [0.1, 0.15) is 5.15 Å². The smallest absolute Gasteiger partial charge is 0.131 e. The van der Waals surface area contributed by atoms with Crippen LogP contribution in [-0.4, -0.2) is 45.8 Å². The van der Waals surface area contributed by atoms with E-state index >= 15 is 0 Å². The monoisotopic (exact) mass is 386 g/mol. The van der Waals surface area contributed by atoms with Crippen LogP contribution in [0.5, 0.6) is 0 Å². The van der Waals surface area contributed by atoms with Crippen molar-refractivity contribution in [3.8, 4) is 0 Å². The van der Waals surface area contributed by atoms with Gasteiger partial charge in [0.2, 0.25) is 0 Å². The summed E-state index contributed by atoms with van der Waals surface area (Å²) in [4.78, 5) is 5.26. The molecule has 2 aliphatic rings. The first kappa shape index (κ1) is 19.0. The molecule has 0 aliphatic carbocycles. The number of hydrogen-bond acceptors (Lipinski definition) is 3. The lowest BCUT2D eigenvalue weighted by molar-refractivity contribution is 0.0866. The van der Waals surface area contributed by atoms with Crippen molar-refractivity contribution >= 4 is 11.6 Å². The van der Waals surface area contributed by atoms with E-state index in [4.69, 9.17) is 11.6 Å². The standard InChI is InChI=1S/C22H31ClN4/c1-17-6-4-7-19(12-17)13-26-10-5-8-22(15-26)9-11-27(16-22)14-20-18(2)24-25(3)21(20)23/h4,6-7,12H,5,8-11,13-16H2,1-3H3. The molecule has 1 unspecified atom stereocenters. The highest BCUT2D eigenvalue weighted by Crippen LogP contribution is 2.40. The summed E-state index contributed by atoms with van der Waals surface area (Å²) in [6, 6.07) is 8.96. The zero-order valence-corrected chi connectivity index (χ0v) is 17.6. The van der Waals surface area contributed by atoms with Gasteiger partial charge in [0, 0.05) is 38.8 Å². The topological polar surface area (TPSA) is 24.3 Å². The summed E-state index contributed by atoms with van der Waals surface area (Å²) in [6.07, 6.45) is 3.97. The second kappa shape index (κ2) is 7.57. The number of halogens is 1.